The fourth-order valence-electron chi connectivity index (χ4n) is 3.03. The molecule has 0 atom stereocenters. The minimum Gasteiger partial charge on any atom is -0.462 e. The van der Waals surface area contributed by atoms with Gasteiger partial charge in [0.05, 0.1) is 29.6 Å². The molecule has 0 saturated heterocycles. The third-order valence-corrected chi connectivity index (χ3v) is 4.51. The van der Waals surface area contributed by atoms with Crippen molar-refractivity contribution in [2.24, 2.45) is 0 Å². The molecule has 0 spiro atoms. The van der Waals surface area contributed by atoms with Crippen LogP contribution in [0.2, 0.25) is 0 Å². The lowest BCUT2D eigenvalue weighted by Crippen LogP contribution is -2.11. The number of rotatable bonds is 4. The average molecular weight is 305 g/mol. The third-order valence-electron chi connectivity index (χ3n) is 3.95. The van der Waals surface area contributed by atoms with Gasteiger partial charge in [0.25, 0.3) is 0 Å². The van der Waals surface area contributed by atoms with E-state index in [1.807, 2.05) is 23.8 Å². The molecular weight excluding hydrogens is 286 g/mol. The van der Waals surface area contributed by atoms with Crippen molar-refractivity contribution in [1.82, 2.24) is 14.6 Å². The standard InChI is InChI=1S/C15H19N3O2S/c1-3-20-14(19)12-8-11-9-16-15(21-2)17-18(11)13(12)10-6-4-5-7-10/h8-10H,3-7H2,1-2H3. The fraction of sp³-hybridized carbons (Fsp3) is 0.533. The fourth-order valence-corrected chi connectivity index (χ4v) is 3.35. The van der Waals surface area contributed by atoms with Crippen LogP contribution in [0, 0.1) is 0 Å². The summed E-state index contributed by atoms with van der Waals surface area (Å²) in [5.74, 6) is 0.132. The van der Waals surface area contributed by atoms with Crippen molar-refractivity contribution < 1.29 is 9.53 Å². The van der Waals surface area contributed by atoms with E-state index in [9.17, 15) is 4.79 Å². The predicted molar refractivity (Wildman–Crippen MR) is 81.9 cm³/mol. The second kappa shape index (κ2) is 6.05. The highest BCUT2D eigenvalue weighted by atomic mass is 32.2. The first kappa shape index (κ1) is 14.4. The van der Waals surface area contributed by atoms with Crippen molar-refractivity contribution in [3.63, 3.8) is 0 Å². The molecule has 0 aliphatic heterocycles. The maximum absolute atomic E-state index is 12.3. The van der Waals surface area contributed by atoms with E-state index in [-0.39, 0.29) is 5.97 Å². The molecule has 1 aliphatic carbocycles. The molecule has 1 saturated carbocycles. The van der Waals surface area contributed by atoms with E-state index in [2.05, 4.69) is 10.1 Å². The molecule has 2 aromatic heterocycles. The van der Waals surface area contributed by atoms with E-state index in [4.69, 9.17) is 4.74 Å². The van der Waals surface area contributed by atoms with E-state index in [0.29, 0.717) is 23.2 Å². The van der Waals surface area contributed by atoms with Gasteiger partial charge in [0, 0.05) is 5.92 Å². The van der Waals surface area contributed by atoms with Crippen LogP contribution in [0.25, 0.3) is 5.52 Å². The van der Waals surface area contributed by atoms with Crippen molar-refractivity contribution in [2.75, 3.05) is 12.9 Å². The summed E-state index contributed by atoms with van der Waals surface area (Å²) in [6.45, 7) is 2.21. The summed E-state index contributed by atoms with van der Waals surface area (Å²) in [5.41, 5.74) is 2.51. The highest BCUT2D eigenvalue weighted by Crippen LogP contribution is 2.37. The Balaban J connectivity index is 2.15. The number of ether oxygens (including phenoxy) is 1. The van der Waals surface area contributed by atoms with Gasteiger partial charge in [0.15, 0.2) is 0 Å². The largest absolute Gasteiger partial charge is 0.462 e. The number of carbonyl (C=O) groups is 1. The van der Waals surface area contributed by atoms with Crippen LogP contribution in [0.4, 0.5) is 0 Å². The normalized spacial score (nSPS) is 15.7. The summed E-state index contributed by atoms with van der Waals surface area (Å²) in [6.07, 6.45) is 8.36. The van der Waals surface area contributed by atoms with Crippen LogP contribution in [0.15, 0.2) is 17.4 Å². The van der Waals surface area contributed by atoms with Gasteiger partial charge >= 0.3 is 5.97 Å². The molecule has 0 unspecified atom stereocenters. The van der Waals surface area contributed by atoms with Crippen LogP contribution in [-0.2, 0) is 4.74 Å². The molecule has 0 bridgehead atoms. The number of nitrogens with zero attached hydrogens (tertiary/aromatic N) is 3. The third kappa shape index (κ3) is 2.64. The van der Waals surface area contributed by atoms with Crippen molar-refractivity contribution in [1.29, 1.82) is 0 Å². The molecule has 3 rings (SSSR count). The van der Waals surface area contributed by atoms with Crippen LogP contribution < -0.4 is 0 Å². The number of fused-ring (bicyclic) bond motifs is 1. The summed E-state index contributed by atoms with van der Waals surface area (Å²) < 4.78 is 7.10. The molecule has 6 heteroatoms. The Labute approximate surface area is 128 Å². The molecule has 21 heavy (non-hydrogen) atoms. The minimum atomic E-state index is -0.254. The summed E-state index contributed by atoms with van der Waals surface area (Å²) in [4.78, 5) is 16.5. The summed E-state index contributed by atoms with van der Waals surface area (Å²) in [6, 6.07) is 1.86. The van der Waals surface area contributed by atoms with Crippen molar-refractivity contribution in [2.45, 2.75) is 43.7 Å². The lowest BCUT2D eigenvalue weighted by molar-refractivity contribution is 0.0524. The van der Waals surface area contributed by atoms with Crippen LogP contribution in [0.1, 0.15) is 54.6 Å². The van der Waals surface area contributed by atoms with Crippen LogP contribution in [0.5, 0.6) is 0 Å². The number of aromatic nitrogens is 3. The highest BCUT2D eigenvalue weighted by molar-refractivity contribution is 7.98. The van der Waals surface area contributed by atoms with Gasteiger partial charge < -0.3 is 4.74 Å². The topological polar surface area (TPSA) is 56.5 Å². The van der Waals surface area contributed by atoms with E-state index < -0.39 is 0 Å². The van der Waals surface area contributed by atoms with E-state index in [0.717, 1.165) is 24.1 Å². The molecule has 0 aromatic carbocycles. The Morgan fingerprint density at radius 3 is 2.90 bits per heavy atom. The monoisotopic (exact) mass is 305 g/mol. The number of thioether (sulfide) groups is 1. The molecular formula is C15H19N3O2S. The van der Waals surface area contributed by atoms with Crippen LogP contribution in [0.3, 0.4) is 0 Å². The molecule has 2 aromatic rings. The number of esters is 1. The van der Waals surface area contributed by atoms with Crippen molar-refractivity contribution in [3.8, 4) is 0 Å². The van der Waals surface area contributed by atoms with E-state index >= 15 is 0 Å². The lowest BCUT2D eigenvalue weighted by atomic mass is 10.0. The Morgan fingerprint density at radius 1 is 1.48 bits per heavy atom. The van der Waals surface area contributed by atoms with Crippen LogP contribution in [-0.4, -0.2) is 33.4 Å². The molecule has 1 aliphatic rings. The van der Waals surface area contributed by atoms with E-state index in [1.165, 1.54) is 24.6 Å². The second-order valence-corrected chi connectivity index (χ2v) is 6.00. The Hall–Kier alpha value is -1.56. The summed E-state index contributed by atoms with van der Waals surface area (Å²) in [5, 5.41) is 5.28. The highest BCUT2D eigenvalue weighted by Gasteiger charge is 2.28. The smallest absolute Gasteiger partial charge is 0.340 e. The van der Waals surface area contributed by atoms with Gasteiger partial charge in [-0.15, -0.1) is 5.10 Å². The average Bonchev–Trinajstić information content (AvgIpc) is 3.13. The second-order valence-electron chi connectivity index (χ2n) is 5.23. The zero-order valence-corrected chi connectivity index (χ0v) is 13.2. The molecule has 2 heterocycles. The summed E-state index contributed by atoms with van der Waals surface area (Å²) >= 11 is 1.50. The predicted octanol–water partition coefficient (Wildman–Crippen LogP) is 3.29. The molecule has 0 radical (unpaired) electrons. The number of carbonyl (C=O) groups excluding carboxylic acids is 1. The molecule has 112 valence electrons. The summed E-state index contributed by atoms with van der Waals surface area (Å²) in [7, 11) is 0. The Kier molecular flexibility index (Phi) is 4.14. The van der Waals surface area contributed by atoms with Gasteiger partial charge in [-0.25, -0.2) is 14.3 Å². The Bertz CT molecular complexity index is 662. The SMILES string of the molecule is CCOC(=O)c1cc2cnc(SC)nn2c1C1CCCC1. The van der Waals surface area contributed by atoms with Gasteiger partial charge in [0.2, 0.25) is 5.16 Å². The minimum absolute atomic E-state index is 0.254. The quantitative estimate of drug-likeness (QED) is 0.641. The van der Waals surface area contributed by atoms with Crippen molar-refractivity contribution in [3.05, 3.63) is 23.5 Å². The van der Waals surface area contributed by atoms with Gasteiger partial charge in [-0.2, -0.15) is 0 Å². The first-order valence-electron chi connectivity index (χ1n) is 7.34. The first-order chi connectivity index (χ1) is 10.2. The molecule has 0 N–H and O–H groups in total. The number of hydrogen-bond acceptors (Lipinski definition) is 5. The Morgan fingerprint density at radius 2 is 2.24 bits per heavy atom. The zero-order chi connectivity index (χ0) is 14.8. The maximum Gasteiger partial charge on any atom is 0.340 e. The van der Waals surface area contributed by atoms with Gasteiger partial charge in [-0.3, -0.25) is 0 Å². The lowest BCUT2D eigenvalue weighted by Gasteiger charge is -2.12. The van der Waals surface area contributed by atoms with Gasteiger partial charge in [-0.05, 0) is 32.1 Å². The number of hydrogen-bond donors (Lipinski definition) is 0. The maximum atomic E-state index is 12.3. The van der Waals surface area contributed by atoms with Crippen molar-refractivity contribution >= 4 is 23.2 Å². The molecule has 0 amide bonds. The van der Waals surface area contributed by atoms with Crippen LogP contribution >= 0.6 is 11.8 Å². The van der Waals surface area contributed by atoms with Gasteiger partial charge in [-0.1, -0.05) is 24.6 Å². The zero-order valence-electron chi connectivity index (χ0n) is 12.3. The van der Waals surface area contributed by atoms with Gasteiger partial charge in [0.1, 0.15) is 0 Å². The molecule has 5 nitrogen and oxygen atoms in total. The van der Waals surface area contributed by atoms with E-state index in [1.54, 1.807) is 6.20 Å². The first-order valence-corrected chi connectivity index (χ1v) is 8.56. The molecule has 1 fully saturated rings.